The van der Waals surface area contributed by atoms with E-state index in [1.807, 2.05) is 0 Å². The minimum atomic E-state index is -1.32. The summed E-state index contributed by atoms with van der Waals surface area (Å²) in [5, 5.41) is 29.3. The summed E-state index contributed by atoms with van der Waals surface area (Å²) in [5.41, 5.74) is -1.32. The quantitative estimate of drug-likeness (QED) is 0.402. The van der Waals surface area contributed by atoms with Crippen molar-refractivity contribution in [2.24, 2.45) is 0 Å². The molecule has 2 atom stereocenters. The smallest absolute Gasteiger partial charge is 0.323 e. The third-order valence-electron chi connectivity index (χ3n) is 1.70. The van der Waals surface area contributed by atoms with Crippen LogP contribution in [0.15, 0.2) is 0 Å². The average Bonchev–Trinajstić information content (AvgIpc) is 2.12. The summed E-state index contributed by atoms with van der Waals surface area (Å²) < 4.78 is 4.68. The third-order valence-corrected chi connectivity index (χ3v) is 1.70. The van der Waals surface area contributed by atoms with Crippen LogP contribution in [0.4, 0.5) is 0 Å². The molecule has 0 aliphatic rings. The van der Waals surface area contributed by atoms with Crippen molar-refractivity contribution >= 4 is 5.97 Å². The van der Waals surface area contributed by atoms with Gasteiger partial charge in [0.1, 0.15) is 6.04 Å². The van der Waals surface area contributed by atoms with E-state index in [2.05, 4.69) is 10.1 Å². The topological polar surface area (TPSA) is 99.0 Å². The van der Waals surface area contributed by atoms with Crippen molar-refractivity contribution in [1.82, 2.24) is 5.32 Å². The van der Waals surface area contributed by atoms with Crippen molar-refractivity contribution in [2.75, 3.05) is 26.9 Å². The second-order valence-corrected chi connectivity index (χ2v) is 3.38. The normalized spacial score (nSPS) is 17.4. The Labute approximate surface area is 82.5 Å². The largest absolute Gasteiger partial charge is 0.480 e. The minimum Gasteiger partial charge on any atom is -0.480 e. The van der Waals surface area contributed by atoms with Crippen LogP contribution in [-0.4, -0.2) is 59.8 Å². The van der Waals surface area contributed by atoms with Gasteiger partial charge in [-0.15, -0.1) is 0 Å². The molecule has 0 saturated heterocycles. The van der Waals surface area contributed by atoms with E-state index in [0.717, 1.165) is 0 Å². The first-order valence-electron chi connectivity index (χ1n) is 4.21. The number of hydrogen-bond acceptors (Lipinski definition) is 5. The minimum absolute atomic E-state index is 0.0101. The van der Waals surface area contributed by atoms with Crippen molar-refractivity contribution in [3.8, 4) is 0 Å². The van der Waals surface area contributed by atoms with Gasteiger partial charge < -0.3 is 20.1 Å². The zero-order chi connectivity index (χ0) is 11.2. The molecule has 0 aliphatic heterocycles. The van der Waals surface area contributed by atoms with E-state index in [1.54, 1.807) is 0 Å². The van der Waals surface area contributed by atoms with Crippen molar-refractivity contribution in [1.29, 1.82) is 0 Å². The monoisotopic (exact) mass is 207 g/mol. The molecule has 0 heterocycles. The van der Waals surface area contributed by atoms with Crippen LogP contribution >= 0.6 is 0 Å². The molecule has 6 heteroatoms. The summed E-state index contributed by atoms with van der Waals surface area (Å²) in [6.07, 6.45) is 0. The Bertz CT molecular complexity index is 183. The molecule has 0 amide bonds. The Morgan fingerprint density at radius 1 is 1.64 bits per heavy atom. The van der Waals surface area contributed by atoms with E-state index in [0.29, 0.717) is 0 Å². The van der Waals surface area contributed by atoms with Gasteiger partial charge in [0.15, 0.2) is 0 Å². The fraction of sp³-hybridized carbons (Fsp3) is 0.875. The maximum absolute atomic E-state index is 10.6. The van der Waals surface area contributed by atoms with E-state index >= 15 is 0 Å². The van der Waals surface area contributed by atoms with Crippen molar-refractivity contribution in [3.05, 3.63) is 0 Å². The lowest BCUT2D eigenvalue weighted by Gasteiger charge is -2.23. The summed E-state index contributed by atoms with van der Waals surface area (Å²) in [4.78, 5) is 10.6. The fourth-order valence-corrected chi connectivity index (χ4v) is 0.783. The van der Waals surface area contributed by atoms with Crippen molar-refractivity contribution in [2.45, 2.75) is 18.6 Å². The third kappa shape index (κ3) is 5.13. The van der Waals surface area contributed by atoms with Gasteiger partial charge >= 0.3 is 5.97 Å². The standard InChI is InChI=1S/C8H17NO5/c1-8(13,5-10)4-9-6(3-14-2)7(11)12/h6,9-10,13H,3-5H2,1-2H3,(H,11,12). The highest BCUT2D eigenvalue weighted by molar-refractivity contribution is 5.73. The number of hydrogen-bond donors (Lipinski definition) is 4. The Kier molecular flexibility index (Phi) is 5.63. The van der Waals surface area contributed by atoms with Gasteiger partial charge in [0, 0.05) is 13.7 Å². The molecular weight excluding hydrogens is 190 g/mol. The molecule has 0 aromatic rings. The van der Waals surface area contributed by atoms with Gasteiger partial charge in [-0.25, -0.2) is 0 Å². The first-order chi connectivity index (χ1) is 6.43. The number of methoxy groups -OCH3 is 1. The number of ether oxygens (including phenoxy) is 1. The summed E-state index contributed by atoms with van der Waals surface area (Å²) in [6, 6.07) is -0.877. The molecular formula is C8H17NO5. The first kappa shape index (κ1) is 13.3. The zero-order valence-electron chi connectivity index (χ0n) is 8.36. The van der Waals surface area contributed by atoms with Crippen LogP contribution in [0.3, 0.4) is 0 Å². The molecule has 0 aromatic carbocycles. The molecule has 84 valence electrons. The van der Waals surface area contributed by atoms with Crippen LogP contribution in [0, 0.1) is 0 Å². The first-order valence-corrected chi connectivity index (χ1v) is 4.21. The Balaban J connectivity index is 3.99. The molecule has 0 aliphatic carbocycles. The number of aliphatic hydroxyl groups is 2. The highest BCUT2D eigenvalue weighted by Crippen LogP contribution is 1.99. The number of aliphatic hydroxyl groups excluding tert-OH is 1. The fourth-order valence-electron chi connectivity index (χ4n) is 0.783. The highest BCUT2D eigenvalue weighted by atomic mass is 16.5. The maximum atomic E-state index is 10.6. The molecule has 14 heavy (non-hydrogen) atoms. The Hall–Kier alpha value is -0.690. The number of carbonyl (C=O) groups is 1. The van der Waals surface area contributed by atoms with Gasteiger partial charge in [-0.2, -0.15) is 0 Å². The second kappa shape index (κ2) is 5.92. The highest BCUT2D eigenvalue weighted by Gasteiger charge is 2.23. The number of nitrogens with one attached hydrogen (secondary N) is 1. The molecule has 4 N–H and O–H groups in total. The van der Waals surface area contributed by atoms with E-state index in [9.17, 15) is 9.90 Å². The maximum Gasteiger partial charge on any atom is 0.323 e. The summed E-state index contributed by atoms with van der Waals surface area (Å²) in [7, 11) is 1.39. The van der Waals surface area contributed by atoms with Crippen LogP contribution < -0.4 is 5.32 Å². The number of rotatable bonds is 7. The molecule has 0 fully saturated rings. The van der Waals surface area contributed by atoms with Crippen LogP contribution in [0.25, 0.3) is 0 Å². The molecule has 0 bridgehead atoms. The average molecular weight is 207 g/mol. The molecule has 0 saturated carbocycles. The Morgan fingerprint density at radius 2 is 2.21 bits per heavy atom. The van der Waals surface area contributed by atoms with Crippen molar-refractivity contribution in [3.63, 3.8) is 0 Å². The van der Waals surface area contributed by atoms with Gasteiger partial charge in [0.05, 0.1) is 18.8 Å². The lowest BCUT2D eigenvalue weighted by Crippen LogP contribution is -2.49. The zero-order valence-corrected chi connectivity index (χ0v) is 8.36. The van der Waals surface area contributed by atoms with Crippen molar-refractivity contribution < 1.29 is 24.9 Å². The number of carboxylic acid groups (broad SMARTS) is 1. The van der Waals surface area contributed by atoms with Crippen LogP contribution in [-0.2, 0) is 9.53 Å². The van der Waals surface area contributed by atoms with Gasteiger partial charge in [-0.05, 0) is 6.92 Å². The second-order valence-electron chi connectivity index (χ2n) is 3.38. The summed E-state index contributed by atoms with van der Waals surface area (Å²) in [6.45, 7) is 0.978. The molecule has 0 radical (unpaired) electrons. The summed E-state index contributed by atoms with van der Waals surface area (Å²) >= 11 is 0. The molecule has 0 spiro atoms. The van der Waals surface area contributed by atoms with Gasteiger partial charge in [0.25, 0.3) is 0 Å². The van der Waals surface area contributed by atoms with Crippen LogP contribution in [0.5, 0.6) is 0 Å². The SMILES string of the molecule is COCC(NCC(C)(O)CO)C(=O)O. The van der Waals surface area contributed by atoms with E-state index < -0.39 is 24.2 Å². The number of carboxylic acids is 1. The summed E-state index contributed by atoms with van der Waals surface area (Å²) in [5.74, 6) is -1.06. The van der Waals surface area contributed by atoms with Gasteiger partial charge in [0.2, 0.25) is 0 Å². The predicted molar refractivity (Wildman–Crippen MR) is 49.0 cm³/mol. The predicted octanol–water partition coefficient (Wildman–Crippen LogP) is -1.58. The lowest BCUT2D eigenvalue weighted by atomic mass is 10.1. The lowest BCUT2D eigenvalue weighted by molar-refractivity contribution is -0.141. The Morgan fingerprint density at radius 3 is 2.57 bits per heavy atom. The van der Waals surface area contributed by atoms with E-state index in [4.69, 9.17) is 10.2 Å². The molecule has 2 unspecified atom stereocenters. The molecule has 0 rings (SSSR count). The van der Waals surface area contributed by atoms with Gasteiger partial charge in [-0.3, -0.25) is 10.1 Å². The number of aliphatic carboxylic acids is 1. The van der Waals surface area contributed by atoms with E-state index in [-0.39, 0.29) is 13.2 Å². The van der Waals surface area contributed by atoms with E-state index in [1.165, 1.54) is 14.0 Å². The molecule has 6 nitrogen and oxygen atoms in total. The van der Waals surface area contributed by atoms with Crippen LogP contribution in [0.2, 0.25) is 0 Å². The molecule has 0 aromatic heterocycles. The van der Waals surface area contributed by atoms with Gasteiger partial charge in [-0.1, -0.05) is 0 Å². The van der Waals surface area contributed by atoms with Crippen LogP contribution in [0.1, 0.15) is 6.92 Å².